The number of hydrogen-bond acceptors (Lipinski definition) is 6. The van der Waals surface area contributed by atoms with E-state index in [1.54, 1.807) is 6.26 Å². The molecule has 1 aliphatic carbocycles. The minimum Gasteiger partial charge on any atom is -0.444 e. The van der Waals surface area contributed by atoms with Crippen molar-refractivity contribution in [3.05, 3.63) is 23.7 Å². The normalized spacial score (nSPS) is 29.5. The summed E-state index contributed by atoms with van der Waals surface area (Å²) in [6, 6.07) is 1.02. The lowest BCUT2D eigenvalue weighted by molar-refractivity contribution is 0.103. The fourth-order valence-electron chi connectivity index (χ4n) is 4.85. The summed E-state index contributed by atoms with van der Waals surface area (Å²) in [5, 5.41) is 13.9. The van der Waals surface area contributed by atoms with Crippen molar-refractivity contribution in [3.63, 3.8) is 0 Å². The van der Waals surface area contributed by atoms with Crippen LogP contribution in [0.2, 0.25) is 0 Å². The van der Waals surface area contributed by atoms with Gasteiger partial charge in [-0.1, -0.05) is 19.8 Å². The Morgan fingerprint density at radius 2 is 2.04 bits per heavy atom. The van der Waals surface area contributed by atoms with Crippen LogP contribution >= 0.6 is 0 Å². The second-order valence-corrected chi connectivity index (χ2v) is 8.89. The molecule has 3 unspecified atom stereocenters. The summed E-state index contributed by atoms with van der Waals surface area (Å²) in [5.41, 5.74) is 3.16. The molecule has 0 amide bonds. The van der Waals surface area contributed by atoms with E-state index in [2.05, 4.69) is 29.0 Å². The number of piperidine rings is 1. The lowest BCUT2D eigenvalue weighted by atomic mass is 9.90. The molecule has 3 aliphatic rings. The smallest absolute Gasteiger partial charge is 0.225 e. The minimum absolute atomic E-state index is 0.209. The molecule has 6 nitrogen and oxygen atoms in total. The molecule has 1 saturated heterocycles. The van der Waals surface area contributed by atoms with E-state index in [0.717, 1.165) is 48.7 Å². The van der Waals surface area contributed by atoms with Crippen LogP contribution in [-0.2, 0) is 0 Å². The van der Waals surface area contributed by atoms with Crippen molar-refractivity contribution in [3.8, 4) is 0 Å². The lowest BCUT2D eigenvalue weighted by Gasteiger charge is -2.41. The highest BCUT2D eigenvalue weighted by Gasteiger charge is 2.34. The molecule has 2 fully saturated rings. The van der Waals surface area contributed by atoms with E-state index >= 15 is 0 Å². The van der Waals surface area contributed by atoms with Crippen molar-refractivity contribution >= 4 is 11.3 Å². The quantitative estimate of drug-likeness (QED) is 0.812. The van der Waals surface area contributed by atoms with Gasteiger partial charge in [0, 0.05) is 43.4 Å². The van der Waals surface area contributed by atoms with E-state index in [1.165, 1.54) is 25.7 Å². The van der Waals surface area contributed by atoms with Gasteiger partial charge >= 0.3 is 0 Å². The van der Waals surface area contributed by atoms with Gasteiger partial charge in [0.2, 0.25) is 5.89 Å². The number of oxazole rings is 1. The predicted molar refractivity (Wildman–Crippen MR) is 111 cm³/mol. The van der Waals surface area contributed by atoms with Crippen LogP contribution in [0.25, 0.3) is 5.57 Å². The highest BCUT2D eigenvalue weighted by molar-refractivity contribution is 5.89. The molecule has 1 saturated carbocycles. The predicted octanol–water partition coefficient (Wildman–Crippen LogP) is 3.37. The van der Waals surface area contributed by atoms with E-state index in [9.17, 15) is 5.11 Å². The maximum absolute atomic E-state index is 10.1. The standard InChI is InChI=1S/C22H34N4O2/c1-14-10-19(22-23-15(2)13-28-22)21(24-16(14)3)26-9-8-20(17(11-26)12-27)25-18-6-4-5-7-18/h13-14,17-18,20,25,27H,4-12H2,1-3H3. The summed E-state index contributed by atoms with van der Waals surface area (Å²) >= 11 is 0. The number of nitrogens with one attached hydrogen (secondary N) is 1. The molecule has 4 rings (SSSR count). The molecule has 3 heterocycles. The van der Waals surface area contributed by atoms with Crippen LogP contribution in [-0.4, -0.2) is 52.5 Å². The zero-order valence-electron chi connectivity index (χ0n) is 17.4. The molecular formula is C22H34N4O2. The zero-order valence-corrected chi connectivity index (χ0v) is 17.4. The molecular weight excluding hydrogens is 352 g/mol. The number of aromatic nitrogens is 1. The first kappa shape index (κ1) is 19.6. The average Bonchev–Trinajstić information content (AvgIpc) is 3.35. The fourth-order valence-corrected chi connectivity index (χ4v) is 4.85. The Morgan fingerprint density at radius 3 is 2.71 bits per heavy atom. The van der Waals surface area contributed by atoms with E-state index in [0.29, 0.717) is 23.9 Å². The number of aliphatic hydroxyl groups excluding tert-OH is 1. The van der Waals surface area contributed by atoms with Gasteiger partial charge in [-0.05, 0) is 45.4 Å². The molecule has 0 radical (unpaired) electrons. The highest BCUT2D eigenvalue weighted by atomic mass is 16.3. The first-order chi connectivity index (χ1) is 13.5. The number of allylic oxidation sites excluding steroid dienone is 1. The molecule has 28 heavy (non-hydrogen) atoms. The van der Waals surface area contributed by atoms with Crippen molar-refractivity contribution in [2.45, 2.75) is 71.4 Å². The third-order valence-electron chi connectivity index (χ3n) is 6.73. The number of aliphatic hydroxyl groups is 1. The maximum Gasteiger partial charge on any atom is 0.225 e. The number of hydrogen-bond donors (Lipinski definition) is 2. The summed E-state index contributed by atoms with van der Waals surface area (Å²) < 4.78 is 5.74. The molecule has 6 heteroatoms. The second-order valence-electron chi connectivity index (χ2n) is 8.89. The van der Waals surface area contributed by atoms with Gasteiger partial charge in [0.05, 0.1) is 11.3 Å². The molecule has 0 spiro atoms. The maximum atomic E-state index is 10.1. The van der Waals surface area contributed by atoms with E-state index in [1.807, 2.05) is 6.92 Å². The molecule has 2 aliphatic heterocycles. The lowest BCUT2D eigenvalue weighted by Crippen LogP contribution is -2.52. The summed E-state index contributed by atoms with van der Waals surface area (Å²) in [5.74, 6) is 2.31. The Labute approximate surface area is 168 Å². The van der Waals surface area contributed by atoms with Gasteiger partial charge in [-0.2, -0.15) is 0 Å². The Hall–Kier alpha value is -1.66. The monoisotopic (exact) mass is 386 g/mol. The van der Waals surface area contributed by atoms with Gasteiger partial charge in [0.25, 0.3) is 0 Å². The molecule has 0 aromatic carbocycles. The van der Waals surface area contributed by atoms with Crippen molar-refractivity contribution < 1.29 is 9.52 Å². The average molecular weight is 387 g/mol. The van der Waals surface area contributed by atoms with Gasteiger partial charge in [0.1, 0.15) is 12.1 Å². The van der Waals surface area contributed by atoms with Crippen LogP contribution in [0.15, 0.2) is 21.5 Å². The van der Waals surface area contributed by atoms with Gasteiger partial charge < -0.3 is 19.7 Å². The van der Waals surface area contributed by atoms with Crippen molar-refractivity contribution in [1.82, 2.24) is 15.2 Å². The Balaban J connectivity index is 1.55. The molecule has 1 aromatic rings. The second kappa shape index (κ2) is 8.37. The highest BCUT2D eigenvalue weighted by Crippen LogP contribution is 2.35. The van der Waals surface area contributed by atoms with Crippen LogP contribution in [0.4, 0.5) is 0 Å². The van der Waals surface area contributed by atoms with Crippen LogP contribution in [0.3, 0.4) is 0 Å². The molecule has 154 valence electrons. The number of aliphatic imine (C=N–C) groups is 1. The summed E-state index contributed by atoms with van der Waals surface area (Å²) in [6.45, 7) is 8.26. The van der Waals surface area contributed by atoms with Crippen molar-refractivity contribution in [1.29, 1.82) is 0 Å². The van der Waals surface area contributed by atoms with Crippen LogP contribution in [0.5, 0.6) is 0 Å². The molecule has 1 aromatic heterocycles. The third kappa shape index (κ3) is 4.03. The first-order valence-electron chi connectivity index (χ1n) is 10.9. The molecule has 0 bridgehead atoms. The largest absolute Gasteiger partial charge is 0.444 e. The Kier molecular flexibility index (Phi) is 5.88. The minimum atomic E-state index is 0.209. The van der Waals surface area contributed by atoms with Gasteiger partial charge in [0.15, 0.2) is 0 Å². The molecule has 3 atom stereocenters. The van der Waals surface area contributed by atoms with Crippen molar-refractivity contribution in [2.24, 2.45) is 16.8 Å². The van der Waals surface area contributed by atoms with Crippen LogP contribution in [0.1, 0.15) is 64.0 Å². The topological polar surface area (TPSA) is 73.9 Å². The van der Waals surface area contributed by atoms with Crippen LogP contribution in [0, 0.1) is 18.8 Å². The Bertz CT molecular complexity index is 747. The SMILES string of the molecule is CC1=NC(N2CCC(NC3CCCC3)C(CO)C2)=C(c2nc(C)co2)CC1C. The number of aryl methyl sites for hydroxylation is 1. The molecule has 2 N–H and O–H groups in total. The van der Waals surface area contributed by atoms with Crippen molar-refractivity contribution in [2.75, 3.05) is 19.7 Å². The summed E-state index contributed by atoms with van der Waals surface area (Å²) in [4.78, 5) is 11.9. The Morgan fingerprint density at radius 1 is 1.25 bits per heavy atom. The number of nitrogens with zero attached hydrogens (tertiary/aromatic N) is 3. The number of likely N-dealkylation sites (tertiary alicyclic amines) is 1. The fraction of sp³-hybridized carbons (Fsp3) is 0.727. The van der Waals surface area contributed by atoms with Gasteiger partial charge in [-0.3, -0.25) is 0 Å². The van der Waals surface area contributed by atoms with E-state index in [4.69, 9.17) is 9.41 Å². The third-order valence-corrected chi connectivity index (χ3v) is 6.73. The van der Waals surface area contributed by atoms with E-state index < -0.39 is 0 Å². The zero-order chi connectivity index (χ0) is 19.7. The summed E-state index contributed by atoms with van der Waals surface area (Å²) in [7, 11) is 0. The van der Waals surface area contributed by atoms with E-state index in [-0.39, 0.29) is 12.5 Å². The van der Waals surface area contributed by atoms with Gasteiger partial charge in [-0.25, -0.2) is 9.98 Å². The van der Waals surface area contributed by atoms with Crippen LogP contribution < -0.4 is 5.32 Å². The van der Waals surface area contributed by atoms with Gasteiger partial charge in [-0.15, -0.1) is 0 Å². The summed E-state index contributed by atoms with van der Waals surface area (Å²) in [6.07, 6.45) is 8.86. The number of rotatable bonds is 5. The first-order valence-corrected chi connectivity index (χ1v) is 10.9.